The second kappa shape index (κ2) is 10.3. The molecule has 4 rings (SSSR count). The summed E-state index contributed by atoms with van der Waals surface area (Å²) in [5.74, 6) is -2.05. The third-order valence-electron chi connectivity index (χ3n) is 5.48. The molecule has 0 bridgehead atoms. The van der Waals surface area contributed by atoms with Gasteiger partial charge in [-0.1, -0.05) is 6.07 Å². The molecule has 36 heavy (non-hydrogen) atoms. The summed E-state index contributed by atoms with van der Waals surface area (Å²) in [7, 11) is 3.02. The van der Waals surface area contributed by atoms with Crippen molar-refractivity contribution in [2.75, 3.05) is 25.7 Å². The van der Waals surface area contributed by atoms with E-state index < -0.39 is 36.1 Å². The Labute approximate surface area is 205 Å². The van der Waals surface area contributed by atoms with E-state index in [0.29, 0.717) is 11.5 Å². The number of rotatable bonds is 8. The fourth-order valence-electron chi connectivity index (χ4n) is 3.65. The van der Waals surface area contributed by atoms with Gasteiger partial charge in [0.25, 0.3) is 17.7 Å². The summed E-state index contributed by atoms with van der Waals surface area (Å²) in [5, 5.41) is 2.63. The minimum absolute atomic E-state index is 0.00328. The highest BCUT2D eigenvalue weighted by Crippen LogP contribution is 2.30. The van der Waals surface area contributed by atoms with E-state index in [2.05, 4.69) is 5.32 Å². The summed E-state index contributed by atoms with van der Waals surface area (Å²) < 4.78 is 28.7. The molecular formula is C26H21FN2O7. The average molecular weight is 492 g/mol. The zero-order valence-electron chi connectivity index (χ0n) is 19.4. The number of imide groups is 1. The number of esters is 1. The molecular weight excluding hydrogens is 471 g/mol. The number of fused-ring (bicyclic) bond motifs is 1. The van der Waals surface area contributed by atoms with E-state index in [4.69, 9.17) is 14.2 Å². The largest absolute Gasteiger partial charge is 0.493 e. The molecule has 184 valence electrons. The van der Waals surface area contributed by atoms with Crippen LogP contribution < -0.4 is 19.7 Å². The molecule has 1 aliphatic heterocycles. The van der Waals surface area contributed by atoms with Crippen molar-refractivity contribution in [3.8, 4) is 11.5 Å². The van der Waals surface area contributed by atoms with Crippen LogP contribution in [0.15, 0.2) is 60.7 Å². The lowest BCUT2D eigenvalue weighted by atomic mass is 10.1. The Kier molecular flexibility index (Phi) is 6.95. The number of anilines is 1. The summed E-state index contributed by atoms with van der Waals surface area (Å²) in [4.78, 5) is 51.0. The van der Waals surface area contributed by atoms with Gasteiger partial charge < -0.3 is 19.5 Å². The summed E-state index contributed by atoms with van der Waals surface area (Å²) in [6.07, 6.45) is 0. The molecule has 0 unspecified atom stereocenters. The van der Waals surface area contributed by atoms with Gasteiger partial charge in [0.2, 0.25) is 0 Å². The van der Waals surface area contributed by atoms with E-state index >= 15 is 0 Å². The van der Waals surface area contributed by atoms with E-state index in [1.165, 1.54) is 44.6 Å². The van der Waals surface area contributed by atoms with Crippen molar-refractivity contribution in [2.45, 2.75) is 6.54 Å². The number of ether oxygens (including phenoxy) is 3. The maximum atomic E-state index is 13.2. The van der Waals surface area contributed by atoms with Gasteiger partial charge in [0, 0.05) is 6.54 Å². The molecule has 0 atom stereocenters. The Morgan fingerprint density at radius 3 is 2.25 bits per heavy atom. The summed E-state index contributed by atoms with van der Waals surface area (Å²) in [6.45, 7) is -0.372. The van der Waals surface area contributed by atoms with Crippen LogP contribution in [0.4, 0.5) is 10.1 Å². The Morgan fingerprint density at radius 1 is 0.861 bits per heavy atom. The number of carbonyl (C=O) groups is 4. The van der Waals surface area contributed by atoms with Crippen LogP contribution in [0.3, 0.4) is 0 Å². The van der Waals surface area contributed by atoms with Gasteiger partial charge in [0.05, 0.1) is 36.6 Å². The van der Waals surface area contributed by atoms with Crippen LogP contribution in [-0.2, 0) is 16.1 Å². The predicted molar refractivity (Wildman–Crippen MR) is 126 cm³/mol. The van der Waals surface area contributed by atoms with Crippen molar-refractivity contribution in [3.63, 3.8) is 0 Å². The topological polar surface area (TPSA) is 111 Å². The lowest BCUT2D eigenvalue weighted by Crippen LogP contribution is -2.29. The van der Waals surface area contributed by atoms with E-state index in [1.807, 2.05) is 0 Å². The van der Waals surface area contributed by atoms with Crippen LogP contribution in [0, 0.1) is 5.82 Å². The molecule has 0 spiro atoms. The molecule has 3 aromatic carbocycles. The molecule has 10 heteroatoms. The van der Waals surface area contributed by atoms with Crippen molar-refractivity contribution in [1.29, 1.82) is 0 Å². The van der Waals surface area contributed by atoms with Gasteiger partial charge in [-0.15, -0.1) is 0 Å². The van der Waals surface area contributed by atoms with Crippen LogP contribution in [0.5, 0.6) is 11.5 Å². The standard InChI is InChI=1S/C26H21FN2O7/c1-34-21-10-3-15(11-22(21)35-2)13-28-23(30)14-36-26(33)16-4-9-19-20(12-16)25(32)29(24(19)31)18-7-5-17(27)6-8-18/h3-12H,13-14H2,1-2H3,(H,28,30). The second-order valence-corrected chi connectivity index (χ2v) is 7.72. The number of hydrogen-bond acceptors (Lipinski definition) is 7. The van der Waals surface area contributed by atoms with Crippen molar-refractivity contribution >= 4 is 29.4 Å². The first-order valence-electron chi connectivity index (χ1n) is 10.8. The number of methoxy groups -OCH3 is 2. The van der Waals surface area contributed by atoms with Crippen LogP contribution in [-0.4, -0.2) is 44.5 Å². The van der Waals surface area contributed by atoms with E-state index in [0.717, 1.165) is 22.6 Å². The number of hydrogen-bond donors (Lipinski definition) is 1. The van der Waals surface area contributed by atoms with Crippen molar-refractivity contribution in [3.05, 3.63) is 88.7 Å². The van der Waals surface area contributed by atoms with Crippen molar-refractivity contribution < 1.29 is 37.8 Å². The Balaban J connectivity index is 1.36. The lowest BCUT2D eigenvalue weighted by molar-refractivity contribution is -0.124. The van der Waals surface area contributed by atoms with Gasteiger partial charge in [-0.05, 0) is 60.2 Å². The zero-order valence-corrected chi connectivity index (χ0v) is 19.4. The van der Waals surface area contributed by atoms with Gasteiger partial charge in [-0.2, -0.15) is 0 Å². The monoisotopic (exact) mass is 492 g/mol. The van der Waals surface area contributed by atoms with E-state index in [1.54, 1.807) is 18.2 Å². The molecule has 3 amide bonds. The molecule has 0 fully saturated rings. The Morgan fingerprint density at radius 2 is 1.56 bits per heavy atom. The van der Waals surface area contributed by atoms with Crippen LogP contribution >= 0.6 is 0 Å². The summed E-state index contributed by atoms with van der Waals surface area (Å²) >= 11 is 0. The molecule has 0 radical (unpaired) electrons. The van der Waals surface area contributed by atoms with Crippen LogP contribution in [0.25, 0.3) is 0 Å². The molecule has 9 nitrogen and oxygen atoms in total. The predicted octanol–water partition coefficient (Wildman–Crippen LogP) is 3.12. The number of nitrogens with zero attached hydrogens (tertiary/aromatic N) is 1. The van der Waals surface area contributed by atoms with Gasteiger partial charge in [0.1, 0.15) is 5.82 Å². The maximum Gasteiger partial charge on any atom is 0.338 e. The number of carbonyl (C=O) groups excluding carboxylic acids is 4. The normalized spacial score (nSPS) is 12.2. The third kappa shape index (κ3) is 4.88. The second-order valence-electron chi connectivity index (χ2n) is 7.72. The van der Waals surface area contributed by atoms with Gasteiger partial charge in [0.15, 0.2) is 18.1 Å². The van der Waals surface area contributed by atoms with Crippen LogP contribution in [0.1, 0.15) is 36.6 Å². The first-order chi connectivity index (χ1) is 17.3. The van der Waals surface area contributed by atoms with Crippen molar-refractivity contribution in [1.82, 2.24) is 5.32 Å². The highest BCUT2D eigenvalue weighted by atomic mass is 19.1. The Hall–Kier alpha value is -4.73. The van der Waals surface area contributed by atoms with Gasteiger partial charge in [-0.3, -0.25) is 14.4 Å². The smallest absolute Gasteiger partial charge is 0.338 e. The van der Waals surface area contributed by atoms with Gasteiger partial charge >= 0.3 is 5.97 Å². The summed E-state index contributed by atoms with van der Waals surface area (Å²) in [5.41, 5.74) is 1.08. The quantitative estimate of drug-likeness (QED) is 0.380. The molecule has 0 aromatic heterocycles. The molecule has 0 aliphatic carbocycles. The number of benzene rings is 3. The first kappa shape index (κ1) is 24.4. The molecule has 1 heterocycles. The number of amides is 3. The minimum Gasteiger partial charge on any atom is -0.493 e. The number of nitrogens with one attached hydrogen (secondary N) is 1. The Bertz CT molecular complexity index is 1350. The number of halogens is 1. The van der Waals surface area contributed by atoms with Gasteiger partial charge in [-0.25, -0.2) is 14.1 Å². The molecule has 1 aliphatic rings. The third-order valence-corrected chi connectivity index (χ3v) is 5.48. The molecule has 3 aromatic rings. The highest BCUT2D eigenvalue weighted by Gasteiger charge is 2.37. The average Bonchev–Trinajstić information content (AvgIpc) is 3.15. The molecule has 0 saturated carbocycles. The zero-order chi connectivity index (χ0) is 25.8. The molecule has 1 N–H and O–H groups in total. The summed E-state index contributed by atoms with van der Waals surface area (Å²) in [6, 6.07) is 14.0. The SMILES string of the molecule is COc1ccc(CNC(=O)COC(=O)c2ccc3c(c2)C(=O)N(c2ccc(F)cc2)C3=O)cc1OC. The molecule has 0 saturated heterocycles. The fraction of sp³-hybridized carbons (Fsp3) is 0.154. The lowest BCUT2D eigenvalue weighted by Gasteiger charge is -2.13. The van der Waals surface area contributed by atoms with Crippen LogP contribution in [0.2, 0.25) is 0 Å². The first-order valence-corrected chi connectivity index (χ1v) is 10.8. The van der Waals surface area contributed by atoms with E-state index in [-0.39, 0.29) is 28.9 Å². The maximum absolute atomic E-state index is 13.2. The fourth-order valence-corrected chi connectivity index (χ4v) is 3.65. The van der Waals surface area contributed by atoms with Crippen molar-refractivity contribution in [2.24, 2.45) is 0 Å². The van der Waals surface area contributed by atoms with E-state index in [9.17, 15) is 23.6 Å². The highest BCUT2D eigenvalue weighted by molar-refractivity contribution is 6.34. The minimum atomic E-state index is -0.834.